The normalized spacial score (nSPS) is 13.4. The Kier molecular flexibility index (Phi) is 5.57. The van der Waals surface area contributed by atoms with Crippen molar-refractivity contribution < 1.29 is 27.1 Å². The summed E-state index contributed by atoms with van der Waals surface area (Å²) in [5.41, 5.74) is 0.504. The number of alkyl halides is 4. The summed E-state index contributed by atoms with van der Waals surface area (Å²) in [6.07, 6.45) is -4.05. The van der Waals surface area contributed by atoms with E-state index in [1.165, 1.54) is 6.92 Å². The largest absolute Gasteiger partial charge is 0.491 e. The van der Waals surface area contributed by atoms with Crippen molar-refractivity contribution in [2.24, 2.45) is 0 Å². The third-order valence-corrected chi connectivity index (χ3v) is 2.68. The molecule has 0 aliphatic rings. The van der Waals surface area contributed by atoms with Crippen molar-refractivity contribution >= 4 is 5.91 Å². The molecular formula is C14H17F4NO2. The number of nitrogens with one attached hydrogen (secondary N) is 1. The van der Waals surface area contributed by atoms with Crippen LogP contribution in [0.4, 0.5) is 17.6 Å². The van der Waals surface area contributed by atoms with Gasteiger partial charge in [-0.15, -0.1) is 0 Å². The van der Waals surface area contributed by atoms with E-state index in [0.717, 1.165) is 0 Å². The summed E-state index contributed by atoms with van der Waals surface area (Å²) in [5, 5.41) is 1.87. The zero-order chi connectivity index (χ0) is 16.2. The predicted octanol–water partition coefficient (Wildman–Crippen LogP) is 3.55. The van der Waals surface area contributed by atoms with Crippen molar-refractivity contribution in [3.05, 3.63) is 29.8 Å². The smallest absolute Gasteiger partial charge is 0.383 e. The summed E-state index contributed by atoms with van der Waals surface area (Å²) in [4.78, 5) is 11.1. The first kappa shape index (κ1) is 17.3. The molecule has 0 fully saturated rings. The quantitative estimate of drug-likeness (QED) is 0.816. The van der Waals surface area contributed by atoms with Crippen molar-refractivity contribution in [3.8, 4) is 5.75 Å². The summed E-state index contributed by atoms with van der Waals surface area (Å²) >= 11 is 0. The Morgan fingerprint density at radius 1 is 1.14 bits per heavy atom. The molecule has 0 aliphatic carbocycles. The Morgan fingerprint density at radius 3 is 2.10 bits per heavy atom. The summed E-state index contributed by atoms with van der Waals surface area (Å²) < 4.78 is 55.2. The molecule has 1 aromatic carbocycles. The first-order chi connectivity index (χ1) is 9.64. The standard InChI is InChI=1S/C14H17F4NO2/c1-8(2)21-11-6-4-10(5-7-11)9(3)19-13(20)14(17,18)12(15)16/h4-9,12H,1-3H3,(H,19,20). The first-order valence-corrected chi connectivity index (χ1v) is 6.38. The lowest BCUT2D eigenvalue weighted by Gasteiger charge is -2.19. The van der Waals surface area contributed by atoms with E-state index in [2.05, 4.69) is 0 Å². The van der Waals surface area contributed by atoms with Gasteiger partial charge in [0.25, 0.3) is 5.91 Å². The lowest BCUT2D eigenvalue weighted by molar-refractivity contribution is -0.170. The maximum absolute atomic E-state index is 12.8. The van der Waals surface area contributed by atoms with Crippen LogP contribution in [0.3, 0.4) is 0 Å². The van der Waals surface area contributed by atoms with Gasteiger partial charge in [-0.2, -0.15) is 8.78 Å². The lowest BCUT2D eigenvalue weighted by atomic mass is 10.1. The molecule has 0 aromatic heterocycles. The molecule has 0 radical (unpaired) electrons. The average Bonchev–Trinajstić information content (AvgIpc) is 2.38. The van der Waals surface area contributed by atoms with Crippen molar-refractivity contribution in [3.63, 3.8) is 0 Å². The zero-order valence-electron chi connectivity index (χ0n) is 11.9. The van der Waals surface area contributed by atoms with E-state index in [-0.39, 0.29) is 6.10 Å². The Bertz CT molecular complexity index is 474. The number of hydrogen-bond donors (Lipinski definition) is 1. The second-order valence-corrected chi connectivity index (χ2v) is 4.85. The van der Waals surface area contributed by atoms with Crippen LogP contribution in [0.1, 0.15) is 32.4 Å². The highest BCUT2D eigenvalue weighted by Crippen LogP contribution is 2.25. The number of halogens is 4. The number of amides is 1. The molecule has 21 heavy (non-hydrogen) atoms. The minimum absolute atomic E-state index is 0.0160. The third kappa shape index (κ3) is 4.61. The average molecular weight is 307 g/mol. The van der Waals surface area contributed by atoms with Gasteiger partial charge in [-0.1, -0.05) is 12.1 Å². The highest BCUT2D eigenvalue weighted by atomic mass is 19.3. The van der Waals surface area contributed by atoms with E-state index in [4.69, 9.17) is 4.74 Å². The second-order valence-electron chi connectivity index (χ2n) is 4.85. The minimum atomic E-state index is -4.70. The van der Waals surface area contributed by atoms with E-state index in [9.17, 15) is 22.4 Å². The van der Waals surface area contributed by atoms with Crippen LogP contribution in [0.15, 0.2) is 24.3 Å². The maximum Gasteiger partial charge on any atom is 0.383 e. The molecule has 1 unspecified atom stereocenters. The molecule has 1 amide bonds. The van der Waals surface area contributed by atoms with E-state index in [0.29, 0.717) is 11.3 Å². The number of carbonyl (C=O) groups excluding carboxylic acids is 1. The van der Waals surface area contributed by atoms with Crippen LogP contribution >= 0.6 is 0 Å². The SMILES string of the molecule is CC(C)Oc1ccc(C(C)NC(=O)C(F)(F)C(F)F)cc1. The number of ether oxygens (including phenoxy) is 1. The van der Waals surface area contributed by atoms with Crippen LogP contribution < -0.4 is 10.1 Å². The Balaban J connectivity index is 2.72. The van der Waals surface area contributed by atoms with E-state index in [1.807, 2.05) is 19.2 Å². The van der Waals surface area contributed by atoms with Crippen LogP contribution in [0, 0.1) is 0 Å². The molecule has 0 saturated carbocycles. The molecule has 0 saturated heterocycles. The van der Waals surface area contributed by atoms with Gasteiger partial charge in [-0.25, -0.2) is 8.78 Å². The van der Waals surface area contributed by atoms with Crippen LogP contribution in [0.25, 0.3) is 0 Å². The predicted molar refractivity (Wildman–Crippen MR) is 69.7 cm³/mol. The van der Waals surface area contributed by atoms with Gasteiger partial charge in [0.15, 0.2) is 0 Å². The van der Waals surface area contributed by atoms with Crippen molar-refractivity contribution in [2.45, 2.75) is 45.3 Å². The topological polar surface area (TPSA) is 38.3 Å². The first-order valence-electron chi connectivity index (χ1n) is 6.38. The van der Waals surface area contributed by atoms with Crippen LogP contribution in [0.5, 0.6) is 5.75 Å². The number of carbonyl (C=O) groups is 1. The summed E-state index contributed by atoms with van der Waals surface area (Å²) in [5.74, 6) is -6.10. The minimum Gasteiger partial charge on any atom is -0.491 e. The molecule has 1 atom stereocenters. The van der Waals surface area contributed by atoms with Crippen LogP contribution in [-0.4, -0.2) is 24.4 Å². The van der Waals surface area contributed by atoms with Gasteiger partial charge in [0.1, 0.15) is 5.75 Å². The molecule has 0 heterocycles. The molecule has 118 valence electrons. The number of hydrogen-bond acceptors (Lipinski definition) is 2. The summed E-state index contributed by atoms with van der Waals surface area (Å²) in [7, 11) is 0. The monoisotopic (exact) mass is 307 g/mol. The van der Waals surface area contributed by atoms with Gasteiger partial charge in [-0.3, -0.25) is 4.79 Å². The molecule has 7 heteroatoms. The Hall–Kier alpha value is -1.79. The summed E-state index contributed by atoms with van der Waals surface area (Å²) in [6, 6.07) is 5.55. The van der Waals surface area contributed by atoms with Crippen LogP contribution in [0.2, 0.25) is 0 Å². The fraction of sp³-hybridized carbons (Fsp3) is 0.500. The van der Waals surface area contributed by atoms with Crippen molar-refractivity contribution in [2.75, 3.05) is 0 Å². The van der Waals surface area contributed by atoms with Gasteiger partial charge in [0, 0.05) is 0 Å². The molecule has 1 aromatic rings. The highest BCUT2D eigenvalue weighted by molar-refractivity contribution is 5.84. The molecule has 0 aliphatic heterocycles. The van der Waals surface area contributed by atoms with Gasteiger partial charge in [0.2, 0.25) is 0 Å². The third-order valence-electron chi connectivity index (χ3n) is 2.68. The van der Waals surface area contributed by atoms with Crippen molar-refractivity contribution in [1.29, 1.82) is 0 Å². The van der Waals surface area contributed by atoms with Crippen LogP contribution in [-0.2, 0) is 4.79 Å². The molecule has 1 N–H and O–H groups in total. The molecule has 1 rings (SSSR count). The second kappa shape index (κ2) is 6.78. The van der Waals surface area contributed by atoms with Gasteiger partial charge >= 0.3 is 12.3 Å². The lowest BCUT2D eigenvalue weighted by Crippen LogP contribution is -2.45. The van der Waals surface area contributed by atoms with Gasteiger partial charge in [0.05, 0.1) is 12.1 Å². The molecular weight excluding hydrogens is 290 g/mol. The van der Waals surface area contributed by atoms with E-state index >= 15 is 0 Å². The van der Waals surface area contributed by atoms with Gasteiger partial charge in [-0.05, 0) is 38.5 Å². The fourth-order valence-corrected chi connectivity index (χ4v) is 1.58. The maximum atomic E-state index is 12.8. The van der Waals surface area contributed by atoms with Crippen molar-refractivity contribution in [1.82, 2.24) is 5.32 Å². The highest BCUT2D eigenvalue weighted by Gasteiger charge is 2.49. The zero-order valence-corrected chi connectivity index (χ0v) is 11.9. The Labute approximate surface area is 120 Å². The van der Waals surface area contributed by atoms with E-state index in [1.54, 1.807) is 24.3 Å². The molecule has 3 nitrogen and oxygen atoms in total. The molecule has 0 spiro atoms. The number of rotatable bonds is 6. The fourth-order valence-electron chi connectivity index (χ4n) is 1.58. The van der Waals surface area contributed by atoms with Gasteiger partial charge < -0.3 is 10.1 Å². The Morgan fingerprint density at radius 2 is 1.67 bits per heavy atom. The molecule has 0 bridgehead atoms. The number of benzene rings is 1. The summed E-state index contributed by atoms with van der Waals surface area (Å²) in [6.45, 7) is 5.13. The van der Waals surface area contributed by atoms with E-state index < -0.39 is 24.3 Å².